The molecule has 0 amide bonds. The molecule has 1 aromatic carbocycles. The van der Waals surface area contributed by atoms with Crippen LogP contribution >= 0.6 is 11.3 Å². The molecule has 3 rings (SSSR count). The highest BCUT2D eigenvalue weighted by Crippen LogP contribution is 2.34. The predicted molar refractivity (Wildman–Crippen MR) is 81.5 cm³/mol. The molecule has 0 saturated heterocycles. The SMILES string of the molecule is CNCc1nc(-c2c(C)n(C)c3ccccc23)cs1. The quantitative estimate of drug-likeness (QED) is 0.792. The summed E-state index contributed by atoms with van der Waals surface area (Å²) >= 11 is 1.71. The first-order valence-electron chi connectivity index (χ1n) is 6.35. The van der Waals surface area contributed by atoms with Crippen LogP contribution in [0.25, 0.3) is 22.2 Å². The van der Waals surface area contributed by atoms with Crippen molar-refractivity contribution in [1.29, 1.82) is 0 Å². The van der Waals surface area contributed by atoms with Crippen molar-refractivity contribution in [3.8, 4) is 11.3 Å². The molecule has 1 N–H and O–H groups in total. The summed E-state index contributed by atoms with van der Waals surface area (Å²) in [4.78, 5) is 4.74. The smallest absolute Gasteiger partial charge is 0.107 e. The van der Waals surface area contributed by atoms with E-state index in [2.05, 4.69) is 53.5 Å². The third-order valence-corrected chi connectivity index (χ3v) is 4.38. The topological polar surface area (TPSA) is 29.9 Å². The van der Waals surface area contributed by atoms with Gasteiger partial charge in [-0.1, -0.05) is 18.2 Å². The van der Waals surface area contributed by atoms with E-state index >= 15 is 0 Å². The van der Waals surface area contributed by atoms with Gasteiger partial charge in [0, 0.05) is 41.1 Å². The highest BCUT2D eigenvalue weighted by molar-refractivity contribution is 7.09. The van der Waals surface area contributed by atoms with Crippen LogP contribution in [-0.2, 0) is 13.6 Å². The maximum atomic E-state index is 4.74. The van der Waals surface area contributed by atoms with Gasteiger partial charge in [0.05, 0.1) is 5.69 Å². The van der Waals surface area contributed by atoms with E-state index in [0.29, 0.717) is 0 Å². The van der Waals surface area contributed by atoms with Gasteiger partial charge in [0.25, 0.3) is 0 Å². The molecular weight excluding hydrogens is 254 g/mol. The molecule has 2 aromatic heterocycles. The van der Waals surface area contributed by atoms with Crippen LogP contribution in [0.2, 0.25) is 0 Å². The summed E-state index contributed by atoms with van der Waals surface area (Å²) in [5.41, 5.74) is 4.88. The van der Waals surface area contributed by atoms with Crippen LogP contribution in [0.1, 0.15) is 10.7 Å². The molecule has 98 valence electrons. The molecule has 3 aromatic rings. The molecule has 0 aliphatic carbocycles. The van der Waals surface area contributed by atoms with Gasteiger partial charge in [0.2, 0.25) is 0 Å². The van der Waals surface area contributed by atoms with Gasteiger partial charge in [-0.25, -0.2) is 4.98 Å². The minimum Gasteiger partial charge on any atom is -0.347 e. The lowest BCUT2D eigenvalue weighted by Crippen LogP contribution is -2.04. The molecule has 0 fully saturated rings. The molecule has 0 bridgehead atoms. The third kappa shape index (κ3) is 1.97. The largest absolute Gasteiger partial charge is 0.347 e. The van der Waals surface area contributed by atoms with Gasteiger partial charge in [-0.15, -0.1) is 11.3 Å². The summed E-state index contributed by atoms with van der Waals surface area (Å²) in [7, 11) is 4.06. The normalized spacial score (nSPS) is 11.3. The van der Waals surface area contributed by atoms with Gasteiger partial charge in [-0.05, 0) is 20.0 Å². The Labute approximate surface area is 116 Å². The van der Waals surface area contributed by atoms with E-state index in [-0.39, 0.29) is 0 Å². The molecule has 0 atom stereocenters. The fraction of sp³-hybridized carbons (Fsp3) is 0.267. The number of aryl methyl sites for hydroxylation is 1. The van der Waals surface area contributed by atoms with Gasteiger partial charge < -0.3 is 9.88 Å². The lowest BCUT2D eigenvalue weighted by molar-refractivity contribution is 0.810. The molecule has 0 radical (unpaired) electrons. The average molecular weight is 271 g/mol. The van der Waals surface area contributed by atoms with Gasteiger partial charge in [0.15, 0.2) is 0 Å². The number of fused-ring (bicyclic) bond motifs is 1. The minimum absolute atomic E-state index is 0.828. The summed E-state index contributed by atoms with van der Waals surface area (Å²) < 4.78 is 2.24. The molecule has 2 heterocycles. The molecule has 0 aliphatic heterocycles. The lowest BCUT2D eigenvalue weighted by Gasteiger charge is -1.99. The van der Waals surface area contributed by atoms with Crippen molar-refractivity contribution < 1.29 is 0 Å². The van der Waals surface area contributed by atoms with E-state index in [4.69, 9.17) is 4.98 Å². The number of benzene rings is 1. The van der Waals surface area contributed by atoms with Gasteiger partial charge in [0.1, 0.15) is 5.01 Å². The van der Waals surface area contributed by atoms with Crippen molar-refractivity contribution in [3.05, 3.63) is 40.3 Å². The number of rotatable bonds is 3. The van der Waals surface area contributed by atoms with Crippen LogP contribution in [0.15, 0.2) is 29.6 Å². The van der Waals surface area contributed by atoms with Crippen molar-refractivity contribution in [1.82, 2.24) is 14.9 Å². The second kappa shape index (κ2) is 4.79. The van der Waals surface area contributed by atoms with Gasteiger partial charge >= 0.3 is 0 Å². The molecule has 0 unspecified atom stereocenters. The van der Waals surface area contributed by atoms with Crippen molar-refractivity contribution in [2.24, 2.45) is 7.05 Å². The molecule has 19 heavy (non-hydrogen) atoms. The van der Waals surface area contributed by atoms with E-state index < -0.39 is 0 Å². The molecule has 0 spiro atoms. The van der Waals surface area contributed by atoms with E-state index in [9.17, 15) is 0 Å². The summed E-state index contributed by atoms with van der Waals surface area (Å²) in [5, 5.41) is 7.71. The summed E-state index contributed by atoms with van der Waals surface area (Å²) in [6, 6.07) is 8.51. The number of nitrogens with zero attached hydrogens (tertiary/aromatic N) is 2. The Balaban J connectivity index is 2.21. The number of thiazole rings is 1. The van der Waals surface area contributed by atoms with Crippen LogP contribution in [0.3, 0.4) is 0 Å². The highest BCUT2D eigenvalue weighted by atomic mass is 32.1. The zero-order valence-electron chi connectivity index (χ0n) is 11.4. The molecule has 0 aliphatic rings. The molecule has 4 heteroatoms. The Hall–Kier alpha value is -1.65. The zero-order chi connectivity index (χ0) is 13.4. The van der Waals surface area contributed by atoms with E-state index in [1.54, 1.807) is 11.3 Å². The van der Waals surface area contributed by atoms with Crippen LogP contribution in [-0.4, -0.2) is 16.6 Å². The first kappa shape index (κ1) is 12.4. The monoisotopic (exact) mass is 271 g/mol. The van der Waals surface area contributed by atoms with Crippen molar-refractivity contribution >= 4 is 22.2 Å². The lowest BCUT2D eigenvalue weighted by atomic mass is 10.1. The van der Waals surface area contributed by atoms with Crippen LogP contribution in [0, 0.1) is 6.92 Å². The van der Waals surface area contributed by atoms with Crippen LogP contribution < -0.4 is 5.32 Å². The molecular formula is C15H17N3S. The van der Waals surface area contributed by atoms with Crippen molar-refractivity contribution in [2.75, 3.05) is 7.05 Å². The van der Waals surface area contributed by atoms with E-state index in [1.807, 2.05) is 7.05 Å². The van der Waals surface area contributed by atoms with E-state index in [0.717, 1.165) is 17.2 Å². The predicted octanol–water partition coefficient (Wildman–Crippen LogP) is 3.33. The number of aromatic nitrogens is 2. The highest BCUT2D eigenvalue weighted by Gasteiger charge is 2.15. The maximum Gasteiger partial charge on any atom is 0.107 e. The Morgan fingerprint density at radius 1 is 1.32 bits per heavy atom. The van der Waals surface area contributed by atoms with Crippen molar-refractivity contribution in [2.45, 2.75) is 13.5 Å². The van der Waals surface area contributed by atoms with Gasteiger partial charge in [-0.3, -0.25) is 0 Å². The second-order valence-electron chi connectivity index (χ2n) is 4.69. The van der Waals surface area contributed by atoms with Gasteiger partial charge in [-0.2, -0.15) is 0 Å². The van der Waals surface area contributed by atoms with E-state index in [1.165, 1.54) is 22.2 Å². The fourth-order valence-corrected chi connectivity index (χ4v) is 3.30. The van der Waals surface area contributed by atoms with Crippen LogP contribution in [0.5, 0.6) is 0 Å². The second-order valence-corrected chi connectivity index (χ2v) is 5.64. The number of hydrogen-bond acceptors (Lipinski definition) is 3. The summed E-state index contributed by atoms with van der Waals surface area (Å²) in [6.07, 6.45) is 0. The Kier molecular flexibility index (Phi) is 3.12. The summed E-state index contributed by atoms with van der Waals surface area (Å²) in [6.45, 7) is 2.99. The number of nitrogens with one attached hydrogen (secondary N) is 1. The van der Waals surface area contributed by atoms with Crippen LogP contribution in [0.4, 0.5) is 0 Å². The first-order valence-corrected chi connectivity index (χ1v) is 7.23. The maximum absolute atomic E-state index is 4.74. The Morgan fingerprint density at radius 2 is 2.11 bits per heavy atom. The fourth-order valence-electron chi connectivity index (χ4n) is 2.50. The molecule has 3 nitrogen and oxygen atoms in total. The Morgan fingerprint density at radius 3 is 2.89 bits per heavy atom. The first-order chi connectivity index (χ1) is 9.22. The Bertz CT molecular complexity index is 724. The summed E-state index contributed by atoms with van der Waals surface area (Å²) in [5.74, 6) is 0. The number of hydrogen-bond donors (Lipinski definition) is 1. The average Bonchev–Trinajstić information content (AvgIpc) is 2.96. The molecule has 0 saturated carbocycles. The standard InChI is InChI=1S/C15H17N3S/c1-10-15(12-9-19-14(17-12)8-16-2)11-6-4-5-7-13(11)18(10)3/h4-7,9,16H,8H2,1-3H3. The van der Waals surface area contributed by atoms with Crippen molar-refractivity contribution in [3.63, 3.8) is 0 Å². The third-order valence-electron chi connectivity index (χ3n) is 3.54. The minimum atomic E-state index is 0.828. The number of para-hydroxylation sites is 1. The zero-order valence-corrected chi connectivity index (χ0v) is 12.2.